The van der Waals surface area contributed by atoms with Crippen LogP contribution in [0.25, 0.3) is 0 Å². The fraction of sp³-hybridized carbons (Fsp3) is 0.375. The zero-order chi connectivity index (χ0) is 23.0. The second-order valence-electron chi connectivity index (χ2n) is 7.51. The maximum absolute atomic E-state index is 12.7. The summed E-state index contributed by atoms with van der Waals surface area (Å²) in [5.74, 6) is -1.43. The second-order valence-corrected chi connectivity index (χ2v) is 7.51. The van der Waals surface area contributed by atoms with Gasteiger partial charge >= 0.3 is 5.97 Å². The average molecular weight is 427 g/mol. The van der Waals surface area contributed by atoms with E-state index in [1.807, 2.05) is 19.1 Å². The fourth-order valence-electron chi connectivity index (χ4n) is 2.92. The number of ether oxygens (including phenoxy) is 2. The van der Waals surface area contributed by atoms with Crippen LogP contribution in [0.15, 0.2) is 48.5 Å². The van der Waals surface area contributed by atoms with Gasteiger partial charge in [0.2, 0.25) is 0 Å². The van der Waals surface area contributed by atoms with Crippen molar-refractivity contribution < 1.29 is 23.9 Å². The van der Waals surface area contributed by atoms with Crippen LogP contribution in [0.3, 0.4) is 0 Å². The molecule has 2 atom stereocenters. The lowest BCUT2D eigenvalue weighted by molar-refractivity contribution is -0.156. The third-order valence-corrected chi connectivity index (χ3v) is 4.85. The standard InChI is InChI=1S/C24H30N2O5/c1-6-17-11-13-18(14-12-17)25-22(27)16(4)31-24(29)21(15(2)3)26-23(28)19-9-7-8-10-20(19)30-5/h7-16,21H,6H2,1-5H3,(H,25,27)(H,26,28)/t16-,21-/m0/s1. The predicted octanol–water partition coefficient (Wildman–Crippen LogP) is 3.58. The number of methoxy groups -OCH3 is 1. The molecule has 2 aromatic rings. The van der Waals surface area contributed by atoms with Crippen molar-refractivity contribution >= 4 is 23.5 Å². The SMILES string of the molecule is CCc1ccc(NC(=O)[C@H](C)OC(=O)[C@@H](NC(=O)c2ccccc2OC)C(C)C)cc1. The maximum Gasteiger partial charge on any atom is 0.329 e. The second kappa shape index (κ2) is 11.2. The molecule has 0 saturated carbocycles. The van der Waals surface area contributed by atoms with E-state index in [9.17, 15) is 14.4 Å². The summed E-state index contributed by atoms with van der Waals surface area (Å²) in [7, 11) is 1.47. The molecule has 0 bridgehead atoms. The van der Waals surface area contributed by atoms with E-state index in [1.165, 1.54) is 14.0 Å². The molecule has 0 aromatic heterocycles. The smallest absolute Gasteiger partial charge is 0.329 e. The summed E-state index contributed by atoms with van der Waals surface area (Å²) in [4.78, 5) is 37.8. The molecule has 166 valence electrons. The monoisotopic (exact) mass is 426 g/mol. The molecule has 2 aromatic carbocycles. The highest BCUT2D eigenvalue weighted by molar-refractivity contribution is 6.00. The Balaban J connectivity index is 2.01. The molecule has 7 nitrogen and oxygen atoms in total. The van der Waals surface area contributed by atoms with E-state index in [0.29, 0.717) is 17.0 Å². The number of hydrogen-bond acceptors (Lipinski definition) is 5. The molecule has 0 aliphatic rings. The van der Waals surface area contributed by atoms with Crippen LogP contribution < -0.4 is 15.4 Å². The van der Waals surface area contributed by atoms with E-state index in [-0.39, 0.29) is 5.92 Å². The summed E-state index contributed by atoms with van der Waals surface area (Å²) < 4.78 is 10.6. The van der Waals surface area contributed by atoms with Gasteiger partial charge in [-0.2, -0.15) is 0 Å². The molecule has 0 unspecified atom stereocenters. The zero-order valence-corrected chi connectivity index (χ0v) is 18.6. The molecular formula is C24H30N2O5. The Labute approximate surface area is 183 Å². The molecular weight excluding hydrogens is 396 g/mol. The first-order chi connectivity index (χ1) is 14.8. The van der Waals surface area contributed by atoms with Crippen molar-refractivity contribution in [2.45, 2.75) is 46.3 Å². The van der Waals surface area contributed by atoms with Crippen LogP contribution in [0.5, 0.6) is 5.75 Å². The van der Waals surface area contributed by atoms with Gasteiger partial charge in [-0.3, -0.25) is 9.59 Å². The molecule has 0 radical (unpaired) electrons. The van der Waals surface area contributed by atoms with E-state index < -0.39 is 29.9 Å². The number of carbonyl (C=O) groups is 3. The van der Waals surface area contributed by atoms with Gasteiger partial charge in [-0.1, -0.05) is 45.0 Å². The van der Waals surface area contributed by atoms with Crippen molar-refractivity contribution in [1.29, 1.82) is 0 Å². The molecule has 31 heavy (non-hydrogen) atoms. The minimum Gasteiger partial charge on any atom is -0.496 e. The highest BCUT2D eigenvalue weighted by atomic mass is 16.5. The molecule has 2 N–H and O–H groups in total. The van der Waals surface area contributed by atoms with E-state index in [4.69, 9.17) is 9.47 Å². The van der Waals surface area contributed by atoms with Gasteiger partial charge in [0.1, 0.15) is 11.8 Å². The van der Waals surface area contributed by atoms with E-state index in [0.717, 1.165) is 12.0 Å². The molecule has 0 heterocycles. The quantitative estimate of drug-likeness (QED) is 0.598. The summed E-state index contributed by atoms with van der Waals surface area (Å²) in [5, 5.41) is 5.42. The Kier molecular flexibility index (Phi) is 8.61. The number of carbonyl (C=O) groups excluding carboxylic acids is 3. The van der Waals surface area contributed by atoms with Crippen molar-refractivity contribution in [3.63, 3.8) is 0 Å². The maximum atomic E-state index is 12.7. The van der Waals surface area contributed by atoms with E-state index in [2.05, 4.69) is 10.6 Å². The molecule has 0 aliphatic carbocycles. The predicted molar refractivity (Wildman–Crippen MR) is 119 cm³/mol. The van der Waals surface area contributed by atoms with Gasteiger partial charge in [0.05, 0.1) is 12.7 Å². The molecule has 0 saturated heterocycles. The number of amides is 2. The third-order valence-electron chi connectivity index (χ3n) is 4.85. The highest BCUT2D eigenvalue weighted by Gasteiger charge is 2.30. The highest BCUT2D eigenvalue weighted by Crippen LogP contribution is 2.18. The summed E-state index contributed by atoms with van der Waals surface area (Å²) >= 11 is 0. The van der Waals surface area contributed by atoms with Crippen LogP contribution >= 0.6 is 0 Å². The lowest BCUT2D eigenvalue weighted by Gasteiger charge is -2.23. The van der Waals surface area contributed by atoms with Gasteiger partial charge in [-0.15, -0.1) is 0 Å². The van der Waals surface area contributed by atoms with E-state index >= 15 is 0 Å². The van der Waals surface area contributed by atoms with Crippen molar-refractivity contribution in [3.05, 3.63) is 59.7 Å². The van der Waals surface area contributed by atoms with Crippen LogP contribution in [-0.2, 0) is 20.7 Å². The summed E-state index contributed by atoms with van der Waals surface area (Å²) in [6, 6.07) is 13.3. The van der Waals surface area contributed by atoms with Crippen molar-refractivity contribution in [2.75, 3.05) is 12.4 Å². The Morgan fingerprint density at radius 3 is 2.19 bits per heavy atom. The molecule has 7 heteroatoms. The number of anilines is 1. The average Bonchev–Trinajstić information content (AvgIpc) is 2.77. The number of aryl methyl sites for hydroxylation is 1. The summed E-state index contributed by atoms with van der Waals surface area (Å²) in [6.07, 6.45) is -0.123. The number of nitrogens with one attached hydrogen (secondary N) is 2. The minimum atomic E-state index is -1.03. The zero-order valence-electron chi connectivity index (χ0n) is 18.6. The van der Waals surface area contributed by atoms with Gasteiger partial charge in [0.15, 0.2) is 6.10 Å². The van der Waals surface area contributed by atoms with Crippen LogP contribution in [0.1, 0.15) is 43.6 Å². The van der Waals surface area contributed by atoms with Crippen LogP contribution in [0, 0.1) is 5.92 Å². The topological polar surface area (TPSA) is 93.7 Å². The molecule has 0 aliphatic heterocycles. The van der Waals surface area contributed by atoms with Crippen LogP contribution in [-0.4, -0.2) is 37.0 Å². The first kappa shape index (κ1) is 23.9. The first-order valence-electron chi connectivity index (χ1n) is 10.3. The van der Waals surface area contributed by atoms with Gasteiger partial charge in [0.25, 0.3) is 11.8 Å². The fourth-order valence-corrected chi connectivity index (χ4v) is 2.92. The van der Waals surface area contributed by atoms with E-state index in [1.54, 1.807) is 50.2 Å². The van der Waals surface area contributed by atoms with Gasteiger partial charge in [0, 0.05) is 5.69 Å². The first-order valence-corrected chi connectivity index (χ1v) is 10.3. The molecule has 2 amide bonds. The Bertz CT molecular complexity index is 908. The van der Waals surface area contributed by atoms with Gasteiger partial charge in [-0.05, 0) is 49.1 Å². The van der Waals surface area contributed by atoms with Crippen molar-refractivity contribution in [1.82, 2.24) is 5.32 Å². The molecule has 0 spiro atoms. The van der Waals surface area contributed by atoms with Crippen molar-refractivity contribution in [2.24, 2.45) is 5.92 Å². The van der Waals surface area contributed by atoms with Gasteiger partial charge in [-0.25, -0.2) is 4.79 Å². The van der Waals surface area contributed by atoms with Crippen LogP contribution in [0.4, 0.5) is 5.69 Å². The van der Waals surface area contributed by atoms with Crippen LogP contribution in [0.2, 0.25) is 0 Å². The number of para-hydroxylation sites is 1. The summed E-state index contributed by atoms with van der Waals surface area (Å²) in [5.41, 5.74) is 2.09. The van der Waals surface area contributed by atoms with Gasteiger partial charge < -0.3 is 20.1 Å². The largest absolute Gasteiger partial charge is 0.496 e. The third kappa shape index (κ3) is 6.57. The molecule has 2 rings (SSSR count). The summed E-state index contributed by atoms with van der Waals surface area (Å²) in [6.45, 7) is 7.11. The molecule has 0 fully saturated rings. The minimum absolute atomic E-state index is 0.247. The Morgan fingerprint density at radius 1 is 0.968 bits per heavy atom. The number of hydrogen-bond donors (Lipinski definition) is 2. The lowest BCUT2D eigenvalue weighted by Crippen LogP contribution is -2.47. The lowest BCUT2D eigenvalue weighted by atomic mass is 10.0. The Morgan fingerprint density at radius 2 is 1.61 bits per heavy atom. The van der Waals surface area contributed by atoms with Crippen molar-refractivity contribution in [3.8, 4) is 5.75 Å². The number of esters is 1. The number of rotatable bonds is 9. The normalized spacial score (nSPS) is 12.6. The Hall–Kier alpha value is -3.35. The number of benzene rings is 2.